The third-order valence-electron chi connectivity index (χ3n) is 10.0. The van der Waals surface area contributed by atoms with Gasteiger partial charge in [-0.15, -0.1) is 0 Å². The summed E-state index contributed by atoms with van der Waals surface area (Å²) in [6.45, 7) is 2.58. The van der Waals surface area contributed by atoms with Gasteiger partial charge in [-0.3, -0.25) is 24.2 Å². The predicted molar refractivity (Wildman–Crippen MR) is 181 cm³/mol. The molecule has 10 nitrogen and oxygen atoms in total. The molecular weight excluding hydrogens is 643 g/mol. The van der Waals surface area contributed by atoms with Crippen LogP contribution in [0.5, 0.6) is 0 Å². The third-order valence-corrected chi connectivity index (χ3v) is 10.7. The van der Waals surface area contributed by atoms with E-state index in [4.69, 9.17) is 32.7 Å². The van der Waals surface area contributed by atoms with E-state index in [2.05, 4.69) is 15.1 Å². The van der Waals surface area contributed by atoms with Crippen molar-refractivity contribution in [3.63, 3.8) is 0 Å². The monoisotopic (exact) mass is 684 g/mol. The lowest BCUT2D eigenvalue weighted by Crippen LogP contribution is -2.67. The smallest absolute Gasteiger partial charge is 0.306 e. The predicted octanol–water partition coefficient (Wildman–Crippen LogP) is 5.98. The number of carboxylic acids is 1. The van der Waals surface area contributed by atoms with Gasteiger partial charge in [-0.1, -0.05) is 41.4 Å². The number of aryl methyl sites for hydroxylation is 1. The number of aromatic nitrogens is 1. The molecule has 6 rings (SSSR count). The largest absolute Gasteiger partial charge is 0.481 e. The van der Waals surface area contributed by atoms with Gasteiger partial charge in [0.2, 0.25) is 5.85 Å². The average molecular weight is 686 g/mol. The standard InChI is InChI=1S/C35H42Cl2N4O6/c1-39-21-27(26-7-3-4-8-31(26)39)33(43)38-30-19-28(36)23(17-29(30)37)18-32(42)35(40-14-5-6-15-40,41-16-13-25(20-41)46-2)47-24-11-9-22(10-12-24)34(44)45/h3-4,7-8,17,19,21-22,24-25H,5-6,9-16,18,20H2,1-2H3,(H,38,43)(H,44,45)/t22?,24?,25-,35?/m1/s1. The number of nitrogens with one attached hydrogen (secondary N) is 1. The molecule has 1 aliphatic carbocycles. The van der Waals surface area contributed by atoms with Crippen LogP contribution >= 0.6 is 23.2 Å². The summed E-state index contributed by atoms with van der Waals surface area (Å²) in [5.41, 5.74) is 2.34. The molecular formula is C35H42Cl2N4O6. The maximum absolute atomic E-state index is 14.8. The Balaban J connectivity index is 1.27. The summed E-state index contributed by atoms with van der Waals surface area (Å²) < 4.78 is 14.5. The van der Waals surface area contributed by atoms with Crippen LogP contribution in [0, 0.1) is 5.92 Å². The molecule has 0 bridgehead atoms. The number of nitrogens with zero attached hydrogens (tertiary/aromatic N) is 3. The number of rotatable bonds is 11. The van der Waals surface area contributed by atoms with Crippen LogP contribution < -0.4 is 5.32 Å². The second kappa shape index (κ2) is 14.2. The third kappa shape index (κ3) is 6.82. The zero-order chi connectivity index (χ0) is 33.3. The van der Waals surface area contributed by atoms with E-state index in [-0.39, 0.29) is 35.3 Å². The average Bonchev–Trinajstić information content (AvgIpc) is 3.84. The zero-order valence-corrected chi connectivity index (χ0v) is 28.4. The molecule has 1 aromatic heterocycles. The first-order valence-corrected chi connectivity index (χ1v) is 17.2. The number of halogens is 2. The second-order valence-electron chi connectivity index (χ2n) is 13.0. The van der Waals surface area contributed by atoms with Crippen molar-refractivity contribution in [1.82, 2.24) is 14.4 Å². The van der Waals surface area contributed by atoms with E-state index in [0.29, 0.717) is 73.7 Å². The van der Waals surface area contributed by atoms with E-state index in [1.807, 2.05) is 35.9 Å². The van der Waals surface area contributed by atoms with Gasteiger partial charge >= 0.3 is 5.97 Å². The van der Waals surface area contributed by atoms with Crippen molar-refractivity contribution in [3.8, 4) is 0 Å². The van der Waals surface area contributed by atoms with Gasteiger partial charge in [0, 0.05) is 68.9 Å². The summed E-state index contributed by atoms with van der Waals surface area (Å²) in [6.07, 6.45) is 6.28. The van der Waals surface area contributed by atoms with Gasteiger partial charge in [0.1, 0.15) is 0 Å². The number of aliphatic carboxylic acids is 1. The number of carboxylic acid groups (broad SMARTS) is 1. The van der Waals surface area contributed by atoms with Crippen molar-refractivity contribution in [3.05, 3.63) is 63.8 Å². The normalized spacial score (nSPS) is 23.6. The SMILES string of the molecule is CO[C@@H]1CCN(C(OC2CCC(C(=O)O)CC2)(C(=O)Cc2cc(Cl)c(NC(=O)c3cn(C)c4ccccc34)cc2Cl)N2CCCC2)C1. The molecule has 12 heteroatoms. The Hall–Kier alpha value is -2.99. The number of carbonyl (C=O) groups is 3. The van der Waals surface area contributed by atoms with Crippen LogP contribution in [-0.4, -0.2) is 88.5 Å². The number of benzene rings is 2. The fraction of sp³-hybridized carbons (Fsp3) is 0.514. The number of ether oxygens (including phenoxy) is 2. The minimum atomic E-state index is -1.35. The molecule has 47 heavy (non-hydrogen) atoms. The van der Waals surface area contributed by atoms with Gasteiger partial charge in [0.05, 0.1) is 34.4 Å². The topological polar surface area (TPSA) is 113 Å². The van der Waals surface area contributed by atoms with Gasteiger partial charge < -0.3 is 24.5 Å². The van der Waals surface area contributed by atoms with Crippen LogP contribution in [0.15, 0.2) is 42.6 Å². The molecule has 2 aliphatic heterocycles. The maximum atomic E-state index is 14.8. The Morgan fingerprint density at radius 2 is 1.68 bits per heavy atom. The number of methoxy groups -OCH3 is 1. The Bertz CT molecular complexity index is 1650. The van der Waals surface area contributed by atoms with Crippen LogP contribution in [0.3, 0.4) is 0 Å². The van der Waals surface area contributed by atoms with Crippen LogP contribution in [0.4, 0.5) is 5.69 Å². The van der Waals surface area contributed by atoms with Gasteiger partial charge in [-0.2, -0.15) is 0 Å². The highest BCUT2D eigenvalue weighted by atomic mass is 35.5. The number of para-hydroxylation sites is 1. The molecule has 2 atom stereocenters. The van der Waals surface area contributed by atoms with Crippen LogP contribution in [0.2, 0.25) is 10.0 Å². The summed E-state index contributed by atoms with van der Waals surface area (Å²) in [6, 6.07) is 10.9. The van der Waals surface area contributed by atoms with Crippen LogP contribution in [-0.2, 0) is 32.5 Å². The molecule has 3 aromatic rings. The number of ketones is 1. The number of fused-ring (bicyclic) bond motifs is 1. The summed E-state index contributed by atoms with van der Waals surface area (Å²) >= 11 is 13.6. The Morgan fingerprint density at radius 3 is 2.36 bits per heavy atom. The molecule has 0 radical (unpaired) electrons. The highest BCUT2D eigenvalue weighted by molar-refractivity contribution is 6.36. The first-order valence-electron chi connectivity index (χ1n) is 16.4. The Kier molecular flexibility index (Phi) is 10.3. The maximum Gasteiger partial charge on any atom is 0.306 e. The number of anilines is 1. The molecule has 1 amide bonds. The van der Waals surface area contributed by atoms with E-state index >= 15 is 0 Å². The molecule has 3 fully saturated rings. The molecule has 2 aromatic carbocycles. The molecule has 1 unspecified atom stereocenters. The summed E-state index contributed by atoms with van der Waals surface area (Å²) in [7, 11) is 3.57. The molecule has 2 saturated heterocycles. The first-order chi connectivity index (χ1) is 22.6. The van der Waals surface area contributed by atoms with Gasteiger partial charge in [0.25, 0.3) is 5.91 Å². The van der Waals surface area contributed by atoms with Crippen LogP contribution in [0.25, 0.3) is 10.9 Å². The number of carbonyl (C=O) groups excluding carboxylic acids is 2. The van der Waals surface area contributed by atoms with Gasteiger partial charge in [0.15, 0.2) is 5.78 Å². The van der Waals surface area contributed by atoms with E-state index in [1.54, 1.807) is 25.4 Å². The van der Waals surface area contributed by atoms with Crippen LogP contribution in [0.1, 0.15) is 60.9 Å². The number of amides is 1. The number of Topliss-reactive ketones (excluding diaryl/α,β-unsaturated/α-hetero) is 1. The quantitative estimate of drug-likeness (QED) is 0.254. The fourth-order valence-corrected chi connectivity index (χ4v) is 7.93. The lowest BCUT2D eigenvalue weighted by molar-refractivity contribution is -0.253. The molecule has 2 N–H and O–H groups in total. The second-order valence-corrected chi connectivity index (χ2v) is 13.8. The highest BCUT2D eigenvalue weighted by Gasteiger charge is 2.54. The molecule has 3 heterocycles. The lowest BCUT2D eigenvalue weighted by atomic mass is 9.87. The van der Waals surface area contributed by atoms with Crippen molar-refractivity contribution in [1.29, 1.82) is 0 Å². The van der Waals surface area contributed by atoms with E-state index < -0.39 is 17.7 Å². The Morgan fingerprint density at radius 1 is 0.957 bits per heavy atom. The zero-order valence-electron chi connectivity index (χ0n) is 26.8. The van der Waals surface area contributed by atoms with E-state index in [1.165, 1.54) is 0 Å². The molecule has 3 aliphatic rings. The van der Waals surface area contributed by atoms with Crippen molar-refractivity contribution in [2.75, 3.05) is 38.6 Å². The first kappa shape index (κ1) is 33.9. The van der Waals surface area contributed by atoms with Crippen molar-refractivity contribution >= 4 is 57.5 Å². The molecule has 252 valence electrons. The van der Waals surface area contributed by atoms with Crippen molar-refractivity contribution < 1.29 is 29.0 Å². The number of hydrogen-bond acceptors (Lipinski definition) is 7. The van der Waals surface area contributed by atoms with Crippen molar-refractivity contribution in [2.45, 2.75) is 69.4 Å². The summed E-state index contributed by atoms with van der Waals surface area (Å²) in [4.78, 5) is 44.0. The minimum Gasteiger partial charge on any atom is -0.481 e. The van der Waals surface area contributed by atoms with E-state index in [9.17, 15) is 19.5 Å². The Labute approximate surface area is 284 Å². The van der Waals surface area contributed by atoms with Gasteiger partial charge in [-0.05, 0) is 68.7 Å². The minimum absolute atomic E-state index is 0.0289. The van der Waals surface area contributed by atoms with Gasteiger partial charge in [-0.25, -0.2) is 0 Å². The molecule has 1 saturated carbocycles. The van der Waals surface area contributed by atoms with Crippen molar-refractivity contribution in [2.24, 2.45) is 13.0 Å². The fourth-order valence-electron chi connectivity index (χ4n) is 7.46. The molecule has 0 spiro atoms. The lowest BCUT2D eigenvalue weighted by Gasteiger charge is -2.48. The summed E-state index contributed by atoms with van der Waals surface area (Å²) in [5, 5.41) is 13.9. The highest BCUT2D eigenvalue weighted by Crippen LogP contribution is 2.39. The van der Waals surface area contributed by atoms with E-state index in [0.717, 1.165) is 30.2 Å². The number of likely N-dealkylation sites (tertiary alicyclic amines) is 2. The summed E-state index contributed by atoms with van der Waals surface area (Å²) in [5.74, 6) is -2.99. The number of hydrogen-bond donors (Lipinski definition) is 2.